The van der Waals surface area contributed by atoms with Crippen LogP contribution in [0.15, 0.2) is 47.0 Å². The minimum absolute atomic E-state index is 0.0280. The second kappa shape index (κ2) is 9.26. The molecule has 31 heavy (non-hydrogen) atoms. The average Bonchev–Trinajstić information content (AvgIpc) is 3.29. The van der Waals surface area contributed by atoms with Crippen molar-refractivity contribution in [1.29, 1.82) is 0 Å². The summed E-state index contributed by atoms with van der Waals surface area (Å²) in [6, 6.07) is 12.3. The molecule has 0 bridgehead atoms. The molecule has 1 unspecified atom stereocenters. The van der Waals surface area contributed by atoms with E-state index in [1.807, 2.05) is 12.1 Å². The van der Waals surface area contributed by atoms with Crippen LogP contribution < -0.4 is 14.8 Å². The van der Waals surface area contributed by atoms with Gasteiger partial charge in [-0.15, -0.1) is 0 Å². The largest absolute Gasteiger partial charge is 0.497 e. The summed E-state index contributed by atoms with van der Waals surface area (Å²) in [6.07, 6.45) is 1.71. The van der Waals surface area contributed by atoms with E-state index < -0.39 is 0 Å². The van der Waals surface area contributed by atoms with Gasteiger partial charge in [0.15, 0.2) is 0 Å². The van der Waals surface area contributed by atoms with Crippen molar-refractivity contribution in [2.24, 2.45) is 0 Å². The molecule has 8 nitrogen and oxygen atoms in total. The van der Waals surface area contributed by atoms with Crippen LogP contribution in [-0.4, -0.2) is 48.4 Å². The molecule has 1 aliphatic rings. The van der Waals surface area contributed by atoms with Crippen LogP contribution in [0.5, 0.6) is 11.5 Å². The number of urea groups is 1. The van der Waals surface area contributed by atoms with Crippen LogP contribution in [0.4, 0.5) is 10.5 Å². The highest BCUT2D eigenvalue weighted by molar-refractivity contribution is 6.30. The number of ether oxygens (including phenoxy) is 2. The van der Waals surface area contributed by atoms with E-state index in [1.165, 1.54) is 0 Å². The number of anilines is 1. The number of hydrogen-bond acceptors (Lipinski definition) is 6. The predicted molar refractivity (Wildman–Crippen MR) is 117 cm³/mol. The van der Waals surface area contributed by atoms with Crippen LogP contribution in [0.3, 0.4) is 0 Å². The van der Waals surface area contributed by atoms with Gasteiger partial charge in [-0.25, -0.2) is 4.79 Å². The number of nitrogens with one attached hydrogen (secondary N) is 1. The van der Waals surface area contributed by atoms with Gasteiger partial charge in [0, 0.05) is 47.6 Å². The maximum Gasteiger partial charge on any atom is 0.321 e. The summed E-state index contributed by atoms with van der Waals surface area (Å²) in [6.45, 7) is 1.14. The van der Waals surface area contributed by atoms with Crippen LogP contribution in [0.2, 0.25) is 5.02 Å². The zero-order valence-electron chi connectivity index (χ0n) is 17.3. The molecule has 0 spiro atoms. The van der Waals surface area contributed by atoms with E-state index in [9.17, 15) is 4.79 Å². The molecular weight excluding hydrogens is 420 g/mol. The Morgan fingerprint density at radius 3 is 2.68 bits per heavy atom. The Kier molecular flexibility index (Phi) is 6.27. The lowest BCUT2D eigenvalue weighted by molar-refractivity contribution is 0.184. The normalized spacial score (nSPS) is 16.1. The third-order valence-corrected chi connectivity index (χ3v) is 5.42. The van der Waals surface area contributed by atoms with Crippen LogP contribution >= 0.6 is 11.6 Å². The van der Waals surface area contributed by atoms with Gasteiger partial charge in [-0.2, -0.15) is 4.98 Å². The molecule has 4 rings (SSSR count). The molecule has 9 heteroatoms. The van der Waals surface area contributed by atoms with E-state index in [0.717, 1.165) is 18.4 Å². The van der Waals surface area contributed by atoms with Crippen LogP contribution in [-0.2, 0) is 0 Å². The van der Waals surface area contributed by atoms with E-state index in [2.05, 4.69) is 15.5 Å². The van der Waals surface area contributed by atoms with Crippen molar-refractivity contribution in [1.82, 2.24) is 15.0 Å². The van der Waals surface area contributed by atoms with Gasteiger partial charge in [-0.05, 0) is 25.0 Å². The summed E-state index contributed by atoms with van der Waals surface area (Å²) in [4.78, 5) is 19.2. The quantitative estimate of drug-likeness (QED) is 0.609. The summed E-state index contributed by atoms with van der Waals surface area (Å²) in [5.41, 5.74) is 1.39. The first-order chi connectivity index (χ1) is 15.1. The van der Waals surface area contributed by atoms with E-state index in [1.54, 1.807) is 49.5 Å². The number of likely N-dealkylation sites (tertiary alicyclic amines) is 1. The molecule has 162 valence electrons. The summed E-state index contributed by atoms with van der Waals surface area (Å²) in [7, 11) is 3.13. The lowest BCUT2D eigenvalue weighted by atomic mass is 9.98. The van der Waals surface area contributed by atoms with Crippen LogP contribution in [0.25, 0.3) is 11.4 Å². The van der Waals surface area contributed by atoms with Gasteiger partial charge in [-0.1, -0.05) is 28.9 Å². The van der Waals surface area contributed by atoms with E-state index >= 15 is 0 Å². The second-order valence-electron chi connectivity index (χ2n) is 7.28. The fourth-order valence-electron chi connectivity index (χ4n) is 3.59. The molecule has 1 N–H and O–H groups in total. The number of carbonyl (C=O) groups is 1. The van der Waals surface area contributed by atoms with Crippen molar-refractivity contribution in [2.45, 2.75) is 18.8 Å². The van der Waals surface area contributed by atoms with Gasteiger partial charge < -0.3 is 24.2 Å². The van der Waals surface area contributed by atoms with Crippen molar-refractivity contribution in [3.8, 4) is 22.9 Å². The molecule has 1 atom stereocenters. The molecule has 3 aromatic rings. The van der Waals surface area contributed by atoms with Gasteiger partial charge >= 0.3 is 6.03 Å². The zero-order chi connectivity index (χ0) is 21.8. The molecule has 0 radical (unpaired) electrons. The van der Waals surface area contributed by atoms with Crippen LogP contribution in [0.1, 0.15) is 24.7 Å². The van der Waals surface area contributed by atoms with Crippen molar-refractivity contribution in [3.63, 3.8) is 0 Å². The van der Waals surface area contributed by atoms with E-state index in [4.69, 9.17) is 25.6 Å². The molecular formula is C22H23ClN4O4. The molecule has 1 saturated heterocycles. The zero-order valence-corrected chi connectivity index (χ0v) is 18.1. The number of amides is 2. The summed E-state index contributed by atoms with van der Waals surface area (Å²) < 4.78 is 16.0. The lowest BCUT2D eigenvalue weighted by Crippen LogP contribution is -2.41. The Morgan fingerprint density at radius 1 is 1.19 bits per heavy atom. The highest BCUT2D eigenvalue weighted by Crippen LogP contribution is 2.30. The number of hydrogen-bond donors (Lipinski definition) is 1. The Hall–Kier alpha value is -3.26. The van der Waals surface area contributed by atoms with Gasteiger partial charge in [-0.3, -0.25) is 0 Å². The third kappa shape index (κ3) is 4.91. The smallest absolute Gasteiger partial charge is 0.321 e. The van der Waals surface area contributed by atoms with Crippen LogP contribution in [0, 0.1) is 0 Å². The minimum Gasteiger partial charge on any atom is -0.497 e. The molecule has 2 aromatic carbocycles. The number of halogens is 1. The molecule has 2 amide bonds. The first kappa shape index (κ1) is 21.0. The number of benzene rings is 2. The fourth-order valence-corrected chi connectivity index (χ4v) is 3.78. The molecule has 1 aromatic heterocycles. The summed E-state index contributed by atoms with van der Waals surface area (Å²) in [5, 5.41) is 7.61. The number of nitrogens with zero attached hydrogens (tertiary/aromatic N) is 3. The molecule has 0 saturated carbocycles. The van der Waals surface area contributed by atoms with E-state index in [-0.39, 0.29) is 11.9 Å². The molecule has 0 aliphatic carbocycles. The maximum atomic E-state index is 12.9. The van der Waals surface area contributed by atoms with Gasteiger partial charge in [0.2, 0.25) is 11.7 Å². The fraction of sp³-hybridized carbons (Fsp3) is 0.318. The topological polar surface area (TPSA) is 89.7 Å². The summed E-state index contributed by atoms with van der Waals surface area (Å²) >= 11 is 6.06. The predicted octanol–water partition coefficient (Wildman–Crippen LogP) is 4.82. The Balaban J connectivity index is 1.45. The van der Waals surface area contributed by atoms with Crippen molar-refractivity contribution < 1.29 is 18.8 Å². The highest BCUT2D eigenvalue weighted by Gasteiger charge is 2.29. The summed E-state index contributed by atoms with van der Waals surface area (Å²) in [5.74, 6) is 2.19. The van der Waals surface area contributed by atoms with E-state index in [0.29, 0.717) is 47.0 Å². The SMILES string of the molecule is COc1cc(NC(=O)N2CCCC(c3nc(-c4cccc(Cl)c4)no3)C2)cc(OC)c1. The molecule has 1 fully saturated rings. The van der Waals surface area contributed by atoms with Gasteiger partial charge in [0.05, 0.1) is 20.1 Å². The van der Waals surface area contributed by atoms with Crippen molar-refractivity contribution >= 4 is 23.3 Å². The van der Waals surface area contributed by atoms with Crippen molar-refractivity contribution in [2.75, 3.05) is 32.6 Å². The Labute approximate surface area is 185 Å². The van der Waals surface area contributed by atoms with Gasteiger partial charge in [0.1, 0.15) is 11.5 Å². The Morgan fingerprint density at radius 2 is 1.97 bits per heavy atom. The number of methoxy groups -OCH3 is 2. The average molecular weight is 443 g/mol. The maximum absolute atomic E-state index is 12.9. The second-order valence-corrected chi connectivity index (χ2v) is 7.72. The number of piperidine rings is 1. The lowest BCUT2D eigenvalue weighted by Gasteiger charge is -2.31. The monoisotopic (exact) mass is 442 g/mol. The Bertz CT molecular complexity index is 1050. The standard InChI is InChI=1S/C22H23ClN4O4/c1-29-18-10-17(11-19(12-18)30-2)24-22(28)27-8-4-6-15(13-27)21-25-20(26-31-21)14-5-3-7-16(23)9-14/h3,5,7,9-12,15H,4,6,8,13H2,1-2H3,(H,24,28). The number of carbonyl (C=O) groups excluding carboxylic acids is 1. The first-order valence-corrected chi connectivity index (χ1v) is 10.3. The first-order valence-electron chi connectivity index (χ1n) is 9.94. The number of rotatable bonds is 5. The molecule has 2 heterocycles. The van der Waals surface area contributed by atoms with Crippen molar-refractivity contribution in [3.05, 3.63) is 53.4 Å². The minimum atomic E-state index is -0.199. The van der Waals surface area contributed by atoms with Gasteiger partial charge in [0.25, 0.3) is 0 Å². The highest BCUT2D eigenvalue weighted by atomic mass is 35.5. The third-order valence-electron chi connectivity index (χ3n) is 5.19. The number of aromatic nitrogens is 2. The molecule has 1 aliphatic heterocycles.